The zero-order chi connectivity index (χ0) is 16.5. The van der Waals surface area contributed by atoms with Crippen molar-refractivity contribution in [1.29, 1.82) is 0 Å². The summed E-state index contributed by atoms with van der Waals surface area (Å²) in [5, 5.41) is 5.79. The van der Waals surface area contributed by atoms with Gasteiger partial charge in [-0.2, -0.15) is 0 Å². The van der Waals surface area contributed by atoms with Crippen molar-refractivity contribution in [3.8, 4) is 0 Å². The van der Waals surface area contributed by atoms with Crippen molar-refractivity contribution < 1.29 is 9.59 Å². The summed E-state index contributed by atoms with van der Waals surface area (Å²) in [6.07, 6.45) is 2.86. The lowest BCUT2D eigenvalue weighted by atomic mass is 10.1. The van der Waals surface area contributed by atoms with Crippen molar-refractivity contribution in [2.24, 2.45) is 0 Å². The third kappa shape index (κ3) is 3.31. The quantitative estimate of drug-likeness (QED) is 0.900. The number of benzene rings is 2. The topological polar surface area (TPSA) is 58.2 Å². The molecular formula is C19H18N2O2S. The Morgan fingerprint density at radius 1 is 1.04 bits per heavy atom. The predicted molar refractivity (Wildman–Crippen MR) is 95.4 cm³/mol. The fraction of sp³-hybridized carbons (Fsp3) is 0.263. The summed E-state index contributed by atoms with van der Waals surface area (Å²) in [6.45, 7) is 0. The third-order valence-corrected chi connectivity index (χ3v) is 5.56. The molecule has 4 rings (SSSR count). The number of rotatable bonds is 4. The molecule has 1 aliphatic carbocycles. The van der Waals surface area contributed by atoms with Gasteiger partial charge in [0.25, 0.3) is 5.91 Å². The molecule has 1 aliphatic heterocycles. The van der Waals surface area contributed by atoms with Crippen molar-refractivity contribution in [3.63, 3.8) is 0 Å². The van der Waals surface area contributed by atoms with Crippen molar-refractivity contribution in [2.45, 2.75) is 35.4 Å². The molecule has 24 heavy (non-hydrogen) atoms. The van der Waals surface area contributed by atoms with Crippen LogP contribution in [0, 0.1) is 0 Å². The van der Waals surface area contributed by atoms with Crippen LogP contribution in [-0.2, 0) is 11.2 Å². The Labute approximate surface area is 145 Å². The predicted octanol–water partition coefficient (Wildman–Crippen LogP) is 3.23. The van der Waals surface area contributed by atoms with Gasteiger partial charge in [-0.3, -0.25) is 9.59 Å². The van der Waals surface area contributed by atoms with Crippen LogP contribution in [-0.4, -0.2) is 23.1 Å². The minimum Gasteiger partial charge on any atom is -0.349 e. The van der Waals surface area contributed by atoms with E-state index in [1.54, 1.807) is 30.0 Å². The lowest BCUT2D eigenvalue weighted by molar-refractivity contribution is -0.115. The highest BCUT2D eigenvalue weighted by atomic mass is 32.2. The minimum atomic E-state index is -0.119. The summed E-state index contributed by atoms with van der Waals surface area (Å²) in [7, 11) is 0. The molecule has 2 aromatic carbocycles. The SMILES string of the molecule is O=C(NC1CC1)c1cccc(NC(=O)C2Cc3ccccc3S2)c1. The van der Waals surface area contributed by atoms with Crippen molar-refractivity contribution in [1.82, 2.24) is 5.32 Å². The fourth-order valence-corrected chi connectivity index (χ4v) is 3.98. The molecule has 122 valence electrons. The molecule has 1 fully saturated rings. The molecule has 1 heterocycles. The van der Waals surface area contributed by atoms with Gasteiger partial charge in [0.15, 0.2) is 0 Å². The first-order chi connectivity index (χ1) is 11.7. The second kappa shape index (κ2) is 6.32. The number of carbonyl (C=O) groups is 2. The maximum Gasteiger partial charge on any atom is 0.251 e. The van der Waals surface area contributed by atoms with Gasteiger partial charge in [0.1, 0.15) is 0 Å². The van der Waals surface area contributed by atoms with Crippen molar-refractivity contribution in [3.05, 3.63) is 59.7 Å². The Bertz CT molecular complexity index is 776. The lowest BCUT2D eigenvalue weighted by Crippen LogP contribution is -2.26. The summed E-state index contributed by atoms with van der Waals surface area (Å²) in [5.74, 6) is -0.0906. The van der Waals surface area contributed by atoms with Crippen LogP contribution in [0.2, 0.25) is 0 Å². The Kier molecular flexibility index (Phi) is 4.02. The number of carbonyl (C=O) groups excluding carboxylic acids is 2. The van der Waals surface area contributed by atoms with E-state index in [1.165, 1.54) is 10.5 Å². The number of hydrogen-bond acceptors (Lipinski definition) is 3. The van der Waals surface area contributed by atoms with E-state index in [-0.39, 0.29) is 17.1 Å². The number of fused-ring (bicyclic) bond motifs is 1. The smallest absolute Gasteiger partial charge is 0.251 e. The lowest BCUT2D eigenvalue weighted by Gasteiger charge is -2.11. The average molecular weight is 338 g/mol. The fourth-order valence-electron chi connectivity index (χ4n) is 2.79. The zero-order valence-electron chi connectivity index (χ0n) is 13.1. The zero-order valence-corrected chi connectivity index (χ0v) is 13.9. The van der Waals surface area contributed by atoms with Gasteiger partial charge in [-0.15, -0.1) is 11.8 Å². The number of hydrogen-bond donors (Lipinski definition) is 2. The highest BCUT2D eigenvalue weighted by Gasteiger charge is 2.28. The number of amides is 2. The van der Waals surface area contributed by atoms with Crippen molar-refractivity contribution >= 4 is 29.3 Å². The molecule has 0 saturated heterocycles. The van der Waals surface area contributed by atoms with Gasteiger partial charge in [0.2, 0.25) is 5.91 Å². The van der Waals surface area contributed by atoms with E-state index < -0.39 is 0 Å². The molecule has 2 N–H and O–H groups in total. The van der Waals surface area contributed by atoms with Gasteiger partial charge >= 0.3 is 0 Å². The normalized spacial score (nSPS) is 18.8. The largest absolute Gasteiger partial charge is 0.349 e. The molecular weight excluding hydrogens is 320 g/mol. The summed E-state index contributed by atoms with van der Waals surface area (Å²) < 4.78 is 0. The van der Waals surface area contributed by atoms with Gasteiger partial charge < -0.3 is 10.6 Å². The van der Waals surface area contributed by atoms with Crippen LogP contribution in [0.5, 0.6) is 0 Å². The summed E-state index contributed by atoms with van der Waals surface area (Å²) >= 11 is 1.60. The van der Waals surface area contributed by atoms with Gasteiger partial charge in [-0.1, -0.05) is 24.3 Å². The molecule has 1 saturated carbocycles. The van der Waals surface area contributed by atoms with Crippen LogP contribution < -0.4 is 10.6 Å². The molecule has 1 unspecified atom stereocenters. The third-order valence-electron chi connectivity index (χ3n) is 4.24. The first-order valence-corrected chi connectivity index (χ1v) is 9.03. The number of nitrogens with one attached hydrogen (secondary N) is 2. The molecule has 4 nitrogen and oxygen atoms in total. The van der Waals surface area contributed by atoms with Gasteiger partial charge in [-0.05, 0) is 49.1 Å². The second-order valence-electron chi connectivity index (χ2n) is 6.24. The van der Waals surface area contributed by atoms with Crippen LogP contribution in [0.25, 0.3) is 0 Å². The Morgan fingerprint density at radius 3 is 2.67 bits per heavy atom. The van der Waals surface area contributed by atoms with Gasteiger partial charge in [0.05, 0.1) is 5.25 Å². The summed E-state index contributed by atoms with van der Waals surface area (Å²) in [5.41, 5.74) is 2.47. The average Bonchev–Trinajstić information content (AvgIpc) is 3.29. The van der Waals surface area contributed by atoms with E-state index in [1.807, 2.05) is 18.2 Å². The van der Waals surface area contributed by atoms with Gasteiger partial charge in [-0.25, -0.2) is 0 Å². The molecule has 1 atom stereocenters. The van der Waals surface area contributed by atoms with Gasteiger partial charge in [0, 0.05) is 22.2 Å². The standard InChI is InChI=1S/C19H18N2O2S/c22-18(20-14-8-9-14)13-5-3-6-15(10-13)21-19(23)17-11-12-4-1-2-7-16(12)24-17/h1-7,10,14,17H,8-9,11H2,(H,20,22)(H,21,23). The molecule has 0 spiro atoms. The molecule has 0 bridgehead atoms. The van der Waals surface area contributed by atoms with E-state index in [9.17, 15) is 9.59 Å². The Morgan fingerprint density at radius 2 is 1.88 bits per heavy atom. The minimum absolute atomic E-state index is 0.0176. The van der Waals surface area contributed by atoms with E-state index >= 15 is 0 Å². The van der Waals surface area contributed by atoms with E-state index in [0.717, 1.165) is 19.3 Å². The summed E-state index contributed by atoms with van der Waals surface area (Å²) in [6, 6.07) is 15.6. The Balaban J connectivity index is 1.42. The van der Waals surface area contributed by atoms with Crippen LogP contribution >= 0.6 is 11.8 Å². The highest BCUT2D eigenvalue weighted by molar-refractivity contribution is 8.01. The molecule has 0 aromatic heterocycles. The second-order valence-corrected chi connectivity index (χ2v) is 7.48. The molecule has 2 amide bonds. The summed E-state index contributed by atoms with van der Waals surface area (Å²) in [4.78, 5) is 25.8. The maximum absolute atomic E-state index is 12.5. The van der Waals surface area contributed by atoms with E-state index in [0.29, 0.717) is 17.3 Å². The van der Waals surface area contributed by atoms with Crippen LogP contribution in [0.1, 0.15) is 28.8 Å². The van der Waals surface area contributed by atoms with Crippen LogP contribution in [0.3, 0.4) is 0 Å². The van der Waals surface area contributed by atoms with Crippen LogP contribution in [0.4, 0.5) is 5.69 Å². The molecule has 0 radical (unpaired) electrons. The van der Waals surface area contributed by atoms with Crippen molar-refractivity contribution in [2.75, 3.05) is 5.32 Å². The molecule has 2 aliphatic rings. The first-order valence-electron chi connectivity index (χ1n) is 8.15. The highest BCUT2D eigenvalue weighted by Crippen LogP contribution is 2.37. The number of anilines is 1. The first kappa shape index (κ1) is 15.3. The van der Waals surface area contributed by atoms with E-state index in [2.05, 4.69) is 22.8 Å². The molecule has 2 aromatic rings. The Hall–Kier alpha value is -2.27. The number of thioether (sulfide) groups is 1. The monoisotopic (exact) mass is 338 g/mol. The molecule has 5 heteroatoms. The van der Waals surface area contributed by atoms with E-state index in [4.69, 9.17) is 0 Å². The van der Waals surface area contributed by atoms with Crippen LogP contribution in [0.15, 0.2) is 53.4 Å². The maximum atomic E-state index is 12.5.